The number of likely N-dealkylation sites (tertiary alicyclic amines) is 1. The number of aromatic nitrogens is 2. The zero-order chi connectivity index (χ0) is 16.1. The first-order chi connectivity index (χ1) is 11.0. The van der Waals surface area contributed by atoms with Crippen LogP contribution in [0.1, 0.15) is 17.8 Å². The van der Waals surface area contributed by atoms with Crippen molar-refractivity contribution in [1.29, 1.82) is 0 Å². The SMILES string of the molecule is Cc1[c]c2c(cc1)oc1c(=O)n(O)c(CN3CC[C@H](O)C3)nc12. The average molecular weight is 314 g/mol. The molecule has 3 aromatic rings. The van der Waals surface area contributed by atoms with E-state index in [-0.39, 0.29) is 24.1 Å². The molecule has 0 amide bonds. The van der Waals surface area contributed by atoms with E-state index in [1.54, 1.807) is 6.07 Å². The smallest absolute Gasteiger partial charge is 0.329 e. The Morgan fingerprint density at radius 1 is 1.48 bits per heavy atom. The van der Waals surface area contributed by atoms with Gasteiger partial charge in [-0.2, -0.15) is 0 Å². The van der Waals surface area contributed by atoms with Gasteiger partial charge in [0.15, 0.2) is 5.82 Å². The third-order valence-corrected chi connectivity index (χ3v) is 4.20. The van der Waals surface area contributed by atoms with Crippen molar-refractivity contribution >= 4 is 22.1 Å². The fourth-order valence-corrected chi connectivity index (χ4v) is 3.02. The number of fused-ring (bicyclic) bond motifs is 3. The van der Waals surface area contributed by atoms with Crippen LogP contribution in [0.3, 0.4) is 0 Å². The predicted molar refractivity (Wildman–Crippen MR) is 82.4 cm³/mol. The monoisotopic (exact) mass is 314 g/mol. The molecular weight excluding hydrogens is 298 g/mol. The molecule has 23 heavy (non-hydrogen) atoms. The van der Waals surface area contributed by atoms with Crippen LogP contribution in [0.5, 0.6) is 0 Å². The van der Waals surface area contributed by atoms with Crippen molar-refractivity contribution in [2.75, 3.05) is 13.1 Å². The van der Waals surface area contributed by atoms with Gasteiger partial charge in [-0.3, -0.25) is 9.69 Å². The Kier molecular flexibility index (Phi) is 3.14. The van der Waals surface area contributed by atoms with E-state index < -0.39 is 5.56 Å². The minimum Gasteiger partial charge on any atom is -0.448 e. The maximum Gasteiger partial charge on any atom is 0.329 e. The van der Waals surface area contributed by atoms with Crippen molar-refractivity contribution in [3.63, 3.8) is 0 Å². The Labute approximate surface area is 131 Å². The van der Waals surface area contributed by atoms with Crippen LogP contribution in [-0.4, -0.2) is 44.1 Å². The van der Waals surface area contributed by atoms with E-state index in [0.717, 1.165) is 5.56 Å². The Morgan fingerprint density at radius 3 is 3.04 bits per heavy atom. The molecular formula is C16H16N3O4. The van der Waals surface area contributed by atoms with Crippen LogP contribution in [0.4, 0.5) is 0 Å². The van der Waals surface area contributed by atoms with Crippen LogP contribution in [-0.2, 0) is 6.54 Å². The molecule has 3 heterocycles. The van der Waals surface area contributed by atoms with Crippen LogP contribution in [0.25, 0.3) is 22.1 Å². The Hall–Kier alpha value is -2.38. The fourth-order valence-electron chi connectivity index (χ4n) is 3.02. The predicted octanol–water partition coefficient (Wildman–Crippen LogP) is 1.06. The number of hydrogen-bond donors (Lipinski definition) is 2. The van der Waals surface area contributed by atoms with Gasteiger partial charge in [0.05, 0.1) is 18.0 Å². The number of rotatable bonds is 2. The molecule has 1 saturated heterocycles. The third-order valence-electron chi connectivity index (χ3n) is 4.20. The van der Waals surface area contributed by atoms with Gasteiger partial charge >= 0.3 is 5.56 Å². The standard InChI is InChI=1S/C16H16N3O4/c1-9-2-3-12-11(6-9)14-15(23-12)16(21)19(22)13(17-14)8-18-5-4-10(20)7-18/h2-3,10,20,22H,4-5,7-8H2,1H3/t10-/m0/s1. The minimum atomic E-state index is -0.632. The number of nitrogens with zero attached hydrogens (tertiary/aromatic N) is 3. The van der Waals surface area contributed by atoms with Crippen LogP contribution in [0.2, 0.25) is 0 Å². The van der Waals surface area contributed by atoms with Crippen molar-refractivity contribution in [1.82, 2.24) is 14.6 Å². The zero-order valence-corrected chi connectivity index (χ0v) is 12.6. The molecule has 1 aliphatic rings. The minimum absolute atomic E-state index is 0.0227. The highest BCUT2D eigenvalue weighted by atomic mass is 16.5. The van der Waals surface area contributed by atoms with Gasteiger partial charge in [0.2, 0.25) is 5.58 Å². The molecule has 0 saturated carbocycles. The van der Waals surface area contributed by atoms with Gasteiger partial charge < -0.3 is 14.7 Å². The summed E-state index contributed by atoms with van der Waals surface area (Å²) in [6.07, 6.45) is 0.308. The van der Waals surface area contributed by atoms with E-state index in [9.17, 15) is 15.1 Å². The van der Waals surface area contributed by atoms with Gasteiger partial charge in [-0.15, -0.1) is 4.73 Å². The summed E-state index contributed by atoms with van der Waals surface area (Å²) in [5.41, 5.74) is 1.23. The van der Waals surface area contributed by atoms with Gasteiger partial charge in [-0.1, -0.05) is 6.07 Å². The third kappa shape index (κ3) is 2.29. The molecule has 0 spiro atoms. The van der Waals surface area contributed by atoms with Gasteiger partial charge in [-0.05, 0) is 31.0 Å². The molecule has 7 heteroatoms. The molecule has 119 valence electrons. The van der Waals surface area contributed by atoms with E-state index in [2.05, 4.69) is 11.1 Å². The zero-order valence-electron chi connectivity index (χ0n) is 12.6. The van der Waals surface area contributed by atoms with Gasteiger partial charge in [0.1, 0.15) is 11.1 Å². The van der Waals surface area contributed by atoms with Crippen LogP contribution in [0, 0.1) is 13.0 Å². The normalized spacial score (nSPS) is 19.1. The number of hydrogen-bond acceptors (Lipinski definition) is 6. The second-order valence-electron chi connectivity index (χ2n) is 5.98. The van der Waals surface area contributed by atoms with Gasteiger partial charge in [-0.25, -0.2) is 4.98 Å². The summed E-state index contributed by atoms with van der Waals surface area (Å²) >= 11 is 0. The van der Waals surface area contributed by atoms with Crippen molar-refractivity contribution < 1.29 is 14.7 Å². The van der Waals surface area contributed by atoms with E-state index in [4.69, 9.17) is 4.42 Å². The number of aryl methyl sites for hydroxylation is 1. The van der Waals surface area contributed by atoms with Gasteiger partial charge in [0.25, 0.3) is 0 Å². The summed E-state index contributed by atoms with van der Waals surface area (Å²) in [5, 5.41) is 20.3. The van der Waals surface area contributed by atoms with E-state index in [1.807, 2.05) is 17.9 Å². The summed E-state index contributed by atoms with van der Waals surface area (Å²) in [7, 11) is 0. The molecule has 1 aliphatic heterocycles. The molecule has 1 atom stereocenters. The maximum atomic E-state index is 12.3. The molecule has 0 aliphatic carbocycles. The molecule has 1 radical (unpaired) electrons. The highest BCUT2D eigenvalue weighted by molar-refractivity contribution is 6.01. The second kappa shape index (κ2) is 5.07. The first-order valence-corrected chi connectivity index (χ1v) is 7.49. The quantitative estimate of drug-likeness (QED) is 0.687. The van der Waals surface area contributed by atoms with E-state index >= 15 is 0 Å². The van der Waals surface area contributed by atoms with Crippen LogP contribution in [0.15, 0.2) is 21.3 Å². The molecule has 7 nitrogen and oxygen atoms in total. The lowest BCUT2D eigenvalue weighted by Crippen LogP contribution is -2.29. The van der Waals surface area contributed by atoms with Crippen molar-refractivity contribution in [2.24, 2.45) is 0 Å². The van der Waals surface area contributed by atoms with Crippen molar-refractivity contribution in [2.45, 2.75) is 26.0 Å². The summed E-state index contributed by atoms with van der Waals surface area (Å²) in [6, 6.07) is 6.75. The lowest BCUT2D eigenvalue weighted by molar-refractivity contribution is 0.140. The first kappa shape index (κ1) is 14.2. The molecule has 2 aromatic heterocycles. The Morgan fingerprint density at radius 2 is 2.30 bits per heavy atom. The number of aliphatic hydroxyl groups is 1. The largest absolute Gasteiger partial charge is 0.448 e. The summed E-state index contributed by atoms with van der Waals surface area (Å²) < 4.78 is 6.05. The van der Waals surface area contributed by atoms with Gasteiger partial charge in [0, 0.05) is 13.1 Å². The highest BCUT2D eigenvalue weighted by Gasteiger charge is 2.24. The van der Waals surface area contributed by atoms with Crippen molar-refractivity contribution in [3.05, 3.63) is 39.9 Å². The Balaban J connectivity index is 1.88. The number of β-amino-alcohol motifs (C(OH)–C–C–N with tert-alkyl or cyclic N) is 1. The number of furan rings is 1. The second-order valence-corrected chi connectivity index (χ2v) is 5.98. The summed E-state index contributed by atoms with van der Waals surface area (Å²) in [6.45, 7) is 3.40. The summed E-state index contributed by atoms with van der Waals surface area (Å²) in [4.78, 5) is 18.7. The highest BCUT2D eigenvalue weighted by Crippen LogP contribution is 2.26. The first-order valence-electron chi connectivity index (χ1n) is 7.49. The molecule has 1 fully saturated rings. The Bertz CT molecular complexity index is 959. The molecule has 0 unspecified atom stereocenters. The van der Waals surface area contributed by atoms with E-state index in [1.165, 1.54) is 0 Å². The van der Waals surface area contributed by atoms with E-state index in [0.29, 0.717) is 40.7 Å². The molecule has 1 aromatic carbocycles. The average Bonchev–Trinajstić information content (AvgIpc) is 3.08. The van der Waals surface area contributed by atoms with Crippen molar-refractivity contribution in [3.8, 4) is 0 Å². The summed E-state index contributed by atoms with van der Waals surface area (Å²) in [5.74, 6) is 0.231. The molecule has 2 N–H and O–H groups in total. The van der Waals surface area contributed by atoms with Crippen LogP contribution < -0.4 is 5.56 Å². The number of aliphatic hydroxyl groups excluding tert-OH is 1. The lowest BCUT2D eigenvalue weighted by Gasteiger charge is -2.15. The maximum absolute atomic E-state index is 12.3. The molecule has 4 rings (SSSR count). The topological polar surface area (TPSA) is 91.7 Å². The van der Waals surface area contributed by atoms with Crippen LogP contribution >= 0.6 is 0 Å². The fraction of sp³-hybridized carbons (Fsp3) is 0.375. The lowest BCUT2D eigenvalue weighted by atomic mass is 10.2. The molecule has 0 bridgehead atoms. The number of benzene rings is 1.